The lowest BCUT2D eigenvalue weighted by Gasteiger charge is -2.20. The average Bonchev–Trinajstić information content (AvgIpc) is 2.87. The molecule has 0 aliphatic heterocycles. The Morgan fingerprint density at radius 1 is 0.833 bits per heavy atom. The monoisotopic (exact) mass is 521 g/mol. The zero-order valence-electron chi connectivity index (χ0n) is 21.3. The van der Waals surface area contributed by atoms with Crippen molar-refractivity contribution in [1.29, 1.82) is 0 Å². The van der Waals surface area contributed by atoms with E-state index in [2.05, 4.69) is 45.4 Å². The molecule has 0 bridgehead atoms. The molecule has 2 aromatic carbocycles. The Morgan fingerprint density at radius 3 is 2.33 bits per heavy atom. The fourth-order valence-corrected chi connectivity index (χ4v) is 5.90. The van der Waals surface area contributed by atoms with Crippen molar-refractivity contribution in [3.05, 3.63) is 69.5 Å². The molecule has 188 valence electrons. The zero-order valence-corrected chi connectivity index (χ0v) is 22.8. The number of nitrogens with one attached hydrogen (secondary N) is 2. The van der Waals surface area contributed by atoms with Gasteiger partial charge in [-0.15, -0.1) is 0 Å². The minimum atomic E-state index is 0.743. The number of nitrogens with zero attached hydrogens (tertiary/aromatic N) is 2. The number of fused-ring (bicyclic) bond motifs is 3. The van der Waals surface area contributed by atoms with Gasteiger partial charge in [0.15, 0.2) is 5.69 Å². The summed E-state index contributed by atoms with van der Waals surface area (Å²) in [5, 5.41) is 11.3. The molecule has 5 rings (SSSR count). The Kier molecular flexibility index (Phi) is 7.83. The second-order valence-electron chi connectivity index (χ2n) is 9.97. The summed E-state index contributed by atoms with van der Waals surface area (Å²) in [5.41, 5.74) is 8.65. The highest BCUT2D eigenvalue weighted by Crippen LogP contribution is 2.33. The normalized spacial score (nSPS) is 13.2. The van der Waals surface area contributed by atoms with Crippen molar-refractivity contribution in [3.63, 3.8) is 0 Å². The van der Waals surface area contributed by atoms with E-state index in [1.54, 1.807) is 0 Å². The van der Waals surface area contributed by atoms with Crippen LogP contribution in [-0.4, -0.2) is 18.1 Å². The number of hydrogen-bond acceptors (Lipinski definition) is 3. The third-order valence-electron chi connectivity index (χ3n) is 7.35. The molecule has 6 heteroatoms. The molecular formula is C30H35Cl2N4+. The lowest BCUT2D eigenvalue weighted by Crippen LogP contribution is -2.38. The molecule has 0 saturated carbocycles. The van der Waals surface area contributed by atoms with Crippen LogP contribution in [0.4, 0.5) is 11.4 Å². The Bertz CT molecular complexity index is 1400. The van der Waals surface area contributed by atoms with Gasteiger partial charge in [-0.1, -0.05) is 36.0 Å². The minimum Gasteiger partial charge on any atom is -0.384 e. The molecule has 36 heavy (non-hydrogen) atoms. The molecule has 1 aliphatic carbocycles. The van der Waals surface area contributed by atoms with Gasteiger partial charge in [0.2, 0.25) is 5.52 Å². The van der Waals surface area contributed by atoms with E-state index in [0.29, 0.717) is 0 Å². The van der Waals surface area contributed by atoms with Crippen molar-refractivity contribution in [2.75, 3.05) is 23.7 Å². The van der Waals surface area contributed by atoms with Crippen molar-refractivity contribution >= 4 is 56.4 Å². The SMILES string of the molecule is Cc1cc(NCCCCCCNc2c3c([n+](C)c4ccc(Cl)cc24)CCCC3)c2cc(Cl)ccc2n1. The first kappa shape index (κ1) is 25.1. The summed E-state index contributed by atoms with van der Waals surface area (Å²) >= 11 is 12.6. The van der Waals surface area contributed by atoms with Gasteiger partial charge in [-0.25, -0.2) is 0 Å². The van der Waals surface area contributed by atoms with Crippen LogP contribution >= 0.6 is 23.2 Å². The summed E-state index contributed by atoms with van der Waals surface area (Å²) in [7, 11) is 2.20. The largest absolute Gasteiger partial charge is 0.384 e. The van der Waals surface area contributed by atoms with E-state index in [1.807, 2.05) is 31.2 Å². The summed E-state index contributed by atoms with van der Waals surface area (Å²) < 4.78 is 2.37. The second kappa shape index (κ2) is 11.2. The highest BCUT2D eigenvalue weighted by atomic mass is 35.5. The molecule has 2 N–H and O–H groups in total. The number of unbranched alkanes of at least 4 members (excludes halogenated alkanes) is 3. The Labute approximate surface area is 224 Å². The minimum absolute atomic E-state index is 0.743. The van der Waals surface area contributed by atoms with E-state index >= 15 is 0 Å². The van der Waals surface area contributed by atoms with Crippen molar-refractivity contribution in [2.45, 2.75) is 58.3 Å². The Balaban J connectivity index is 1.15. The maximum absolute atomic E-state index is 6.40. The number of benzene rings is 2. The number of rotatable bonds is 9. The van der Waals surface area contributed by atoms with Crippen molar-refractivity contribution < 1.29 is 4.57 Å². The van der Waals surface area contributed by atoms with Crippen molar-refractivity contribution in [1.82, 2.24) is 4.98 Å². The molecule has 4 aromatic rings. The average molecular weight is 523 g/mol. The summed E-state index contributed by atoms with van der Waals surface area (Å²) in [6.45, 7) is 3.97. The van der Waals surface area contributed by atoms with Crippen LogP contribution in [-0.2, 0) is 19.9 Å². The quantitative estimate of drug-likeness (QED) is 0.174. The molecule has 0 amide bonds. The highest BCUT2D eigenvalue weighted by molar-refractivity contribution is 6.31. The van der Waals surface area contributed by atoms with Crippen LogP contribution in [0.25, 0.3) is 21.8 Å². The molecule has 0 radical (unpaired) electrons. The molecule has 2 heterocycles. The van der Waals surface area contributed by atoms with Crippen molar-refractivity contribution in [2.24, 2.45) is 7.05 Å². The second-order valence-corrected chi connectivity index (χ2v) is 10.8. The van der Waals surface area contributed by atoms with Gasteiger partial charge in [0.05, 0.1) is 16.6 Å². The molecule has 4 nitrogen and oxygen atoms in total. The van der Waals surface area contributed by atoms with E-state index in [9.17, 15) is 0 Å². The fourth-order valence-electron chi connectivity index (χ4n) is 5.56. The number of aromatic nitrogens is 2. The van der Waals surface area contributed by atoms with Gasteiger partial charge in [-0.05, 0) is 75.4 Å². The topological polar surface area (TPSA) is 40.8 Å². The van der Waals surface area contributed by atoms with Crippen LogP contribution in [0.15, 0.2) is 42.5 Å². The maximum atomic E-state index is 6.40. The van der Waals surface area contributed by atoms with Crippen LogP contribution in [0, 0.1) is 6.92 Å². The zero-order chi connectivity index (χ0) is 25.1. The van der Waals surface area contributed by atoms with Gasteiger partial charge in [-0.3, -0.25) is 4.98 Å². The number of halogens is 2. The first-order chi connectivity index (χ1) is 17.5. The summed E-state index contributed by atoms with van der Waals surface area (Å²) in [6.07, 6.45) is 9.54. The molecular weight excluding hydrogens is 487 g/mol. The number of pyridine rings is 2. The first-order valence-electron chi connectivity index (χ1n) is 13.2. The van der Waals surface area contributed by atoms with Gasteiger partial charge < -0.3 is 10.6 Å². The van der Waals surface area contributed by atoms with Crippen LogP contribution < -0.4 is 15.2 Å². The molecule has 0 spiro atoms. The predicted molar refractivity (Wildman–Crippen MR) is 154 cm³/mol. The number of aryl methyl sites for hydroxylation is 2. The predicted octanol–water partition coefficient (Wildman–Crippen LogP) is 7.79. The smallest absolute Gasteiger partial charge is 0.214 e. The molecule has 0 fully saturated rings. The van der Waals surface area contributed by atoms with Crippen LogP contribution in [0.5, 0.6) is 0 Å². The fraction of sp³-hybridized carbons (Fsp3) is 0.400. The summed E-state index contributed by atoms with van der Waals surface area (Å²) in [6, 6.07) is 14.3. The Hall–Kier alpha value is -2.56. The lowest BCUT2D eigenvalue weighted by molar-refractivity contribution is -0.653. The van der Waals surface area contributed by atoms with Gasteiger partial charge in [0.1, 0.15) is 7.05 Å². The first-order valence-corrected chi connectivity index (χ1v) is 13.9. The van der Waals surface area contributed by atoms with E-state index < -0.39 is 0 Å². The van der Waals surface area contributed by atoms with Gasteiger partial charge in [-0.2, -0.15) is 4.57 Å². The van der Waals surface area contributed by atoms with Crippen molar-refractivity contribution in [3.8, 4) is 0 Å². The highest BCUT2D eigenvalue weighted by Gasteiger charge is 2.26. The van der Waals surface area contributed by atoms with Gasteiger partial charge in [0.25, 0.3) is 0 Å². The van der Waals surface area contributed by atoms with E-state index in [-0.39, 0.29) is 0 Å². The van der Waals surface area contributed by atoms with Crippen LogP contribution in [0.3, 0.4) is 0 Å². The third kappa shape index (κ3) is 5.40. The van der Waals surface area contributed by atoms with E-state index in [0.717, 1.165) is 71.1 Å². The summed E-state index contributed by atoms with van der Waals surface area (Å²) in [4.78, 5) is 4.62. The van der Waals surface area contributed by atoms with Gasteiger partial charge in [0, 0.05) is 58.0 Å². The number of hydrogen-bond donors (Lipinski definition) is 2. The molecule has 0 atom stereocenters. The van der Waals surface area contributed by atoms with Crippen LogP contribution in [0.1, 0.15) is 55.5 Å². The third-order valence-corrected chi connectivity index (χ3v) is 7.82. The van der Waals surface area contributed by atoms with Crippen LogP contribution in [0.2, 0.25) is 10.0 Å². The summed E-state index contributed by atoms with van der Waals surface area (Å²) in [5.74, 6) is 0. The maximum Gasteiger partial charge on any atom is 0.214 e. The van der Waals surface area contributed by atoms with E-state index in [4.69, 9.17) is 23.2 Å². The molecule has 0 saturated heterocycles. The van der Waals surface area contributed by atoms with E-state index in [1.165, 1.54) is 53.5 Å². The Morgan fingerprint density at radius 2 is 1.53 bits per heavy atom. The molecule has 2 aromatic heterocycles. The standard InChI is InChI=1S/C30H34Cl2N4/c1-20-17-27(24-18-21(31)11-13-26(24)35-20)33-15-7-3-4-8-16-34-30-23-9-5-6-10-28(23)36(2)29-14-12-22(32)19-25(29)30/h11-14,17-19H,3-10,15-16H2,1-2H3,(H,33,35)/p+1. The van der Waals surface area contributed by atoms with Gasteiger partial charge >= 0.3 is 0 Å². The molecule has 0 unspecified atom stereocenters. The molecule has 1 aliphatic rings. The lowest BCUT2D eigenvalue weighted by atomic mass is 9.92. The number of anilines is 2.